The normalized spacial score (nSPS) is 11.2. The molecule has 0 fully saturated rings. The number of aryl methyl sites for hydroxylation is 1. The molecule has 0 atom stereocenters. The van der Waals surface area contributed by atoms with Crippen molar-refractivity contribution in [2.75, 3.05) is 6.54 Å². The molecular formula is C15H18N4. The highest BCUT2D eigenvalue weighted by Gasteiger charge is 1.99. The zero-order valence-corrected chi connectivity index (χ0v) is 10.8. The lowest BCUT2D eigenvalue weighted by molar-refractivity contribution is 0.586. The van der Waals surface area contributed by atoms with Crippen LogP contribution in [0.3, 0.4) is 0 Å². The maximum absolute atomic E-state index is 3.93. The summed E-state index contributed by atoms with van der Waals surface area (Å²) in [4.78, 5) is 0. The minimum absolute atomic E-state index is 0.854. The van der Waals surface area contributed by atoms with Gasteiger partial charge in [0.1, 0.15) is 0 Å². The number of fused-ring (bicyclic) bond motifs is 1. The quantitative estimate of drug-likeness (QED) is 0.664. The molecule has 0 saturated carbocycles. The van der Waals surface area contributed by atoms with E-state index in [1.165, 1.54) is 10.9 Å². The molecule has 3 aromatic rings. The van der Waals surface area contributed by atoms with Gasteiger partial charge in [0.2, 0.25) is 0 Å². The third-order valence-electron chi connectivity index (χ3n) is 3.31. The Labute approximate surface area is 112 Å². The molecule has 4 nitrogen and oxygen atoms in total. The first-order chi connectivity index (χ1) is 9.43. The molecule has 19 heavy (non-hydrogen) atoms. The lowest BCUT2D eigenvalue weighted by Gasteiger charge is -2.06. The average molecular weight is 254 g/mol. The Morgan fingerprint density at radius 2 is 2.11 bits per heavy atom. The Kier molecular flexibility index (Phi) is 3.61. The molecule has 0 aliphatic carbocycles. The number of benzene rings is 1. The zero-order valence-electron chi connectivity index (χ0n) is 10.8. The van der Waals surface area contributed by atoms with Crippen molar-refractivity contribution in [3.05, 3.63) is 54.5 Å². The number of nitrogens with zero attached hydrogens (tertiary/aromatic N) is 2. The smallest absolute Gasteiger partial charge is 0.0490 e. The lowest BCUT2D eigenvalue weighted by Crippen LogP contribution is -2.16. The first kappa shape index (κ1) is 12.0. The highest BCUT2D eigenvalue weighted by atomic mass is 15.1. The van der Waals surface area contributed by atoms with Gasteiger partial charge in [0.05, 0.1) is 0 Å². The van der Waals surface area contributed by atoms with Crippen LogP contribution in [-0.4, -0.2) is 21.3 Å². The van der Waals surface area contributed by atoms with Gasteiger partial charge in [-0.25, -0.2) is 0 Å². The van der Waals surface area contributed by atoms with E-state index >= 15 is 0 Å². The highest BCUT2D eigenvalue weighted by Crippen LogP contribution is 2.15. The van der Waals surface area contributed by atoms with Crippen LogP contribution in [0, 0.1) is 0 Å². The van der Waals surface area contributed by atoms with Crippen molar-refractivity contribution in [3.63, 3.8) is 0 Å². The van der Waals surface area contributed by atoms with Crippen LogP contribution < -0.4 is 5.32 Å². The minimum atomic E-state index is 0.854. The fraction of sp³-hybridized carbons (Fsp3) is 0.267. The van der Waals surface area contributed by atoms with Crippen molar-refractivity contribution in [3.8, 4) is 0 Å². The first-order valence-electron chi connectivity index (χ1n) is 6.66. The molecule has 0 saturated heterocycles. The van der Waals surface area contributed by atoms with Crippen LogP contribution in [-0.2, 0) is 13.1 Å². The summed E-state index contributed by atoms with van der Waals surface area (Å²) in [6.07, 6.45) is 5.06. The van der Waals surface area contributed by atoms with Gasteiger partial charge < -0.3 is 9.88 Å². The molecular weight excluding hydrogens is 236 g/mol. The molecule has 4 heteroatoms. The number of aromatic amines is 1. The topological polar surface area (TPSA) is 45.6 Å². The standard InChI is InChI=1S/C15H18N4/c1-2-5-15-13(4-1)7-11-19(15)10-3-8-16-12-14-6-9-17-18-14/h1-2,4-7,9,11,16H,3,8,10,12H2,(H,17,18). The molecule has 0 bridgehead atoms. The lowest BCUT2D eigenvalue weighted by atomic mass is 10.2. The minimum Gasteiger partial charge on any atom is -0.347 e. The van der Waals surface area contributed by atoms with E-state index < -0.39 is 0 Å². The van der Waals surface area contributed by atoms with E-state index in [2.05, 4.69) is 56.6 Å². The van der Waals surface area contributed by atoms with E-state index in [1.807, 2.05) is 6.07 Å². The van der Waals surface area contributed by atoms with Crippen LogP contribution in [0.15, 0.2) is 48.8 Å². The Morgan fingerprint density at radius 3 is 3.00 bits per heavy atom. The monoisotopic (exact) mass is 254 g/mol. The Morgan fingerprint density at radius 1 is 1.16 bits per heavy atom. The maximum atomic E-state index is 3.93. The SMILES string of the molecule is c1ccc2c(c1)ccn2CCCNCc1ccn[nH]1. The molecule has 2 N–H and O–H groups in total. The van der Waals surface area contributed by atoms with E-state index in [0.29, 0.717) is 0 Å². The second-order valence-electron chi connectivity index (χ2n) is 4.68. The van der Waals surface area contributed by atoms with Gasteiger partial charge in [-0.2, -0.15) is 5.10 Å². The molecule has 0 aliphatic rings. The number of aromatic nitrogens is 3. The Bertz CT molecular complexity index is 624. The van der Waals surface area contributed by atoms with Crippen LogP contribution in [0.25, 0.3) is 10.9 Å². The van der Waals surface area contributed by atoms with Crippen molar-refractivity contribution in [2.45, 2.75) is 19.5 Å². The van der Waals surface area contributed by atoms with E-state index in [4.69, 9.17) is 0 Å². The summed E-state index contributed by atoms with van der Waals surface area (Å²) in [7, 11) is 0. The second kappa shape index (κ2) is 5.71. The summed E-state index contributed by atoms with van der Waals surface area (Å²) in [5.74, 6) is 0. The predicted octanol–water partition coefficient (Wildman–Crippen LogP) is 2.54. The molecule has 0 unspecified atom stereocenters. The summed E-state index contributed by atoms with van der Waals surface area (Å²) >= 11 is 0. The van der Waals surface area contributed by atoms with Crippen molar-refractivity contribution < 1.29 is 0 Å². The third kappa shape index (κ3) is 2.85. The van der Waals surface area contributed by atoms with E-state index in [0.717, 1.165) is 31.7 Å². The summed E-state index contributed by atoms with van der Waals surface area (Å²) in [5.41, 5.74) is 2.45. The summed E-state index contributed by atoms with van der Waals surface area (Å²) < 4.78 is 2.31. The fourth-order valence-corrected chi connectivity index (χ4v) is 2.32. The summed E-state index contributed by atoms with van der Waals surface area (Å²) in [6, 6.07) is 12.7. The average Bonchev–Trinajstić information content (AvgIpc) is 3.08. The number of rotatable bonds is 6. The number of hydrogen-bond acceptors (Lipinski definition) is 2. The summed E-state index contributed by atoms with van der Waals surface area (Å²) in [6.45, 7) is 2.90. The molecule has 0 amide bonds. The van der Waals surface area contributed by atoms with Gasteiger partial charge in [0, 0.05) is 36.7 Å². The van der Waals surface area contributed by atoms with Crippen LogP contribution in [0.1, 0.15) is 12.1 Å². The van der Waals surface area contributed by atoms with Crippen LogP contribution in [0.4, 0.5) is 0 Å². The van der Waals surface area contributed by atoms with E-state index in [1.54, 1.807) is 6.20 Å². The fourth-order valence-electron chi connectivity index (χ4n) is 2.32. The number of H-pyrrole nitrogens is 1. The molecule has 0 aliphatic heterocycles. The molecule has 2 aromatic heterocycles. The molecule has 1 aromatic carbocycles. The van der Waals surface area contributed by atoms with Crippen LogP contribution in [0.5, 0.6) is 0 Å². The van der Waals surface area contributed by atoms with Crippen molar-refractivity contribution in [1.82, 2.24) is 20.1 Å². The zero-order chi connectivity index (χ0) is 12.9. The van der Waals surface area contributed by atoms with Gasteiger partial charge in [0.25, 0.3) is 0 Å². The number of para-hydroxylation sites is 1. The van der Waals surface area contributed by atoms with Gasteiger partial charge in [-0.1, -0.05) is 18.2 Å². The van der Waals surface area contributed by atoms with Gasteiger partial charge in [-0.05, 0) is 36.6 Å². The highest BCUT2D eigenvalue weighted by molar-refractivity contribution is 5.79. The van der Waals surface area contributed by atoms with Crippen molar-refractivity contribution in [2.24, 2.45) is 0 Å². The second-order valence-corrected chi connectivity index (χ2v) is 4.68. The van der Waals surface area contributed by atoms with Gasteiger partial charge in [0.15, 0.2) is 0 Å². The molecule has 98 valence electrons. The van der Waals surface area contributed by atoms with E-state index in [9.17, 15) is 0 Å². The van der Waals surface area contributed by atoms with Crippen LogP contribution >= 0.6 is 0 Å². The van der Waals surface area contributed by atoms with Crippen molar-refractivity contribution >= 4 is 10.9 Å². The molecule has 0 spiro atoms. The number of hydrogen-bond donors (Lipinski definition) is 2. The maximum Gasteiger partial charge on any atom is 0.0490 e. The van der Waals surface area contributed by atoms with Gasteiger partial charge in [-0.15, -0.1) is 0 Å². The molecule has 3 rings (SSSR count). The Balaban J connectivity index is 1.47. The molecule has 0 radical (unpaired) electrons. The Hall–Kier alpha value is -2.07. The summed E-state index contributed by atoms with van der Waals surface area (Å²) in [5, 5.41) is 11.6. The van der Waals surface area contributed by atoms with E-state index in [-0.39, 0.29) is 0 Å². The molecule has 2 heterocycles. The first-order valence-corrected chi connectivity index (χ1v) is 6.66. The van der Waals surface area contributed by atoms with Gasteiger partial charge >= 0.3 is 0 Å². The predicted molar refractivity (Wildman–Crippen MR) is 76.8 cm³/mol. The number of nitrogens with one attached hydrogen (secondary N) is 2. The van der Waals surface area contributed by atoms with Gasteiger partial charge in [-0.3, -0.25) is 5.10 Å². The van der Waals surface area contributed by atoms with Crippen LogP contribution in [0.2, 0.25) is 0 Å². The third-order valence-corrected chi connectivity index (χ3v) is 3.31. The largest absolute Gasteiger partial charge is 0.347 e. The van der Waals surface area contributed by atoms with Crippen molar-refractivity contribution in [1.29, 1.82) is 0 Å².